The number of benzene rings is 1. The summed E-state index contributed by atoms with van der Waals surface area (Å²) < 4.78 is 40.9. The Labute approximate surface area is 118 Å². The smallest absolute Gasteiger partial charge is 0.370 e. The molecule has 20 heavy (non-hydrogen) atoms. The SMILES string of the molecule is CCCNC(CCc1ccccc1)COCC(F)(F)F. The molecular formula is C15H22F3NO. The van der Waals surface area contributed by atoms with Gasteiger partial charge in [-0.1, -0.05) is 37.3 Å². The summed E-state index contributed by atoms with van der Waals surface area (Å²) in [5, 5.41) is 3.23. The number of halogens is 3. The number of aryl methyl sites for hydroxylation is 1. The largest absolute Gasteiger partial charge is 0.411 e. The van der Waals surface area contributed by atoms with E-state index in [1.807, 2.05) is 37.3 Å². The van der Waals surface area contributed by atoms with E-state index >= 15 is 0 Å². The second-order valence-electron chi connectivity index (χ2n) is 4.81. The molecule has 0 bridgehead atoms. The number of hydrogen-bond donors (Lipinski definition) is 1. The van der Waals surface area contributed by atoms with Crippen molar-refractivity contribution in [2.75, 3.05) is 19.8 Å². The summed E-state index contributed by atoms with van der Waals surface area (Å²) in [7, 11) is 0. The van der Waals surface area contributed by atoms with E-state index in [9.17, 15) is 13.2 Å². The van der Waals surface area contributed by atoms with Gasteiger partial charge in [-0.2, -0.15) is 13.2 Å². The maximum atomic E-state index is 12.1. The zero-order chi connectivity index (χ0) is 14.8. The van der Waals surface area contributed by atoms with E-state index in [-0.39, 0.29) is 12.6 Å². The molecule has 1 rings (SSSR count). The van der Waals surface area contributed by atoms with Gasteiger partial charge >= 0.3 is 6.18 Å². The van der Waals surface area contributed by atoms with Gasteiger partial charge in [0, 0.05) is 6.04 Å². The maximum Gasteiger partial charge on any atom is 0.411 e. The number of nitrogens with one attached hydrogen (secondary N) is 1. The lowest BCUT2D eigenvalue weighted by molar-refractivity contribution is -0.175. The first-order valence-corrected chi connectivity index (χ1v) is 6.93. The van der Waals surface area contributed by atoms with E-state index in [4.69, 9.17) is 4.74 Å². The third-order valence-corrected chi connectivity index (χ3v) is 2.89. The molecule has 1 aromatic rings. The lowest BCUT2D eigenvalue weighted by Crippen LogP contribution is -2.35. The molecule has 1 atom stereocenters. The van der Waals surface area contributed by atoms with E-state index in [0.717, 1.165) is 25.8 Å². The highest BCUT2D eigenvalue weighted by Crippen LogP contribution is 2.15. The van der Waals surface area contributed by atoms with Crippen LogP contribution in [0.5, 0.6) is 0 Å². The summed E-state index contributed by atoms with van der Waals surface area (Å²) in [4.78, 5) is 0. The van der Waals surface area contributed by atoms with Crippen molar-refractivity contribution >= 4 is 0 Å². The molecule has 1 N–H and O–H groups in total. The molecule has 0 fully saturated rings. The van der Waals surface area contributed by atoms with Crippen molar-refractivity contribution in [2.45, 2.75) is 38.4 Å². The predicted octanol–water partition coefficient (Wildman–Crippen LogP) is 3.57. The third kappa shape index (κ3) is 8.17. The zero-order valence-electron chi connectivity index (χ0n) is 11.7. The van der Waals surface area contributed by atoms with Crippen molar-refractivity contribution in [3.8, 4) is 0 Å². The van der Waals surface area contributed by atoms with Gasteiger partial charge in [0.2, 0.25) is 0 Å². The topological polar surface area (TPSA) is 21.3 Å². The Hall–Kier alpha value is -1.07. The normalized spacial score (nSPS) is 13.4. The monoisotopic (exact) mass is 289 g/mol. The van der Waals surface area contributed by atoms with Gasteiger partial charge in [0.1, 0.15) is 6.61 Å². The predicted molar refractivity (Wildman–Crippen MR) is 73.7 cm³/mol. The lowest BCUT2D eigenvalue weighted by atomic mass is 10.1. The second kappa shape index (κ2) is 8.97. The van der Waals surface area contributed by atoms with Crippen molar-refractivity contribution < 1.29 is 17.9 Å². The minimum Gasteiger partial charge on any atom is -0.370 e. The van der Waals surface area contributed by atoms with Crippen LogP contribution in [0.25, 0.3) is 0 Å². The minimum atomic E-state index is -4.26. The third-order valence-electron chi connectivity index (χ3n) is 2.89. The quantitative estimate of drug-likeness (QED) is 0.750. The summed E-state index contributed by atoms with van der Waals surface area (Å²) in [5.74, 6) is 0. The Morgan fingerprint density at radius 2 is 1.90 bits per heavy atom. The molecule has 0 aromatic heterocycles. The van der Waals surface area contributed by atoms with Gasteiger partial charge in [-0.25, -0.2) is 0 Å². The van der Waals surface area contributed by atoms with Gasteiger partial charge < -0.3 is 10.1 Å². The number of ether oxygens (including phenoxy) is 1. The molecule has 0 saturated heterocycles. The average Bonchev–Trinajstić information content (AvgIpc) is 2.41. The second-order valence-corrected chi connectivity index (χ2v) is 4.81. The van der Waals surface area contributed by atoms with Gasteiger partial charge in [-0.05, 0) is 31.4 Å². The van der Waals surface area contributed by atoms with Crippen LogP contribution in [0.2, 0.25) is 0 Å². The van der Waals surface area contributed by atoms with Crippen molar-refractivity contribution in [1.29, 1.82) is 0 Å². The van der Waals surface area contributed by atoms with Crippen LogP contribution in [0, 0.1) is 0 Å². The Bertz CT molecular complexity index is 354. The molecule has 1 aromatic carbocycles. The zero-order valence-corrected chi connectivity index (χ0v) is 11.7. The van der Waals surface area contributed by atoms with Gasteiger partial charge in [0.25, 0.3) is 0 Å². The molecule has 0 radical (unpaired) electrons. The Morgan fingerprint density at radius 3 is 2.50 bits per heavy atom. The molecule has 0 heterocycles. The number of alkyl halides is 3. The average molecular weight is 289 g/mol. The van der Waals surface area contributed by atoms with Crippen LogP contribution in [0.1, 0.15) is 25.3 Å². The van der Waals surface area contributed by atoms with Crippen molar-refractivity contribution in [3.63, 3.8) is 0 Å². The van der Waals surface area contributed by atoms with Crippen LogP contribution in [0.3, 0.4) is 0 Å². The first kappa shape index (κ1) is 17.0. The first-order valence-electron chi connectivity index (χ1n) is 6.93. The molecule has 0 aliphatic rings. The fourth-order valence-electron chi connectivity index (χ4n) is 1.90. The highest BCUT2D eigenvalue weighted by molar-refractivity contribution is 5.14. The van der Waals surface area contributed by atoms with Crippen molar-refractivity contribution in [2.24, 2.45) is 0 Å². The van der Waals surface area contributed by atoms with Crippen LogP contribution >= 0.6 is 0 Å². The van der Waals surface area contributed by atoms with Crippen LogP contribution in [0.15, 0.2) is 30.3 Å². The highest BCUT2D eigenvalue weighted by atomic mass is 19.4. The summed E-state index contributed by atoms with van der Waals surface area (Å²) in [6, 6.07) is 9.87. The number of rotatable bonds is 9. The molecule has 0 saturated carbocycles. The van der Waals surface area contributed by atoms with Crippen LogP contribution in [-0.2, 0) is 11.2 Å². The molecule has 0 spiro atoms. The maximum absolute atomic E-state index is 12.1. The van der Waals surface area contributed by atoms with E-state index < -0.39 is 12.8 Å². The van der Waals surface area contributed by atoms with Gasteiger partial charge in [0.15, 0.2) is 0 Å². The molecular weight excluding hydrogens is 267 g/mol. The molecule has 2 nitrogen and oxygen atoms in total. The van der Waals surface area contributed by atoms with Crippen LogP contribution in [-0.4, -0.2) is 32.0 Å². The molecule has 114 valence electrons. The summed E-state index contributed by atoms with van der Waals surface area (Å²) >= 11 is 0. The van der Waals surface area contributed by atoms with E-state index in [2.05, 4.69) is 5.32 Å². The number of hydrogen-bond acceptors (Lipinski definition) is 2. The van der Waals surface area contributed by atoms with Gasteiger partial charge in [0.05, 0.1) is 6.61 Å². The van der Waals surface area contributed by atoms with E-state index in [1.54, 1.807) is 0 Å². The molecule has 0 aliphatic carbocycles. The van der Waals surface area contributed by atoms with Crippen LogP contribution in [0.4, 0.5) is 13.2 Å². The van der Waals surface area contributed by atoms with Gasteiger partial charge in [-0.15, -0.1) is 0 Å². The molecule has 1 unspecified atom stereocenters. The van der Waals surface area contributed by atoms with Crippen LogP contribution < -0.4 is 5.32 Å². The summed E-state index contributed by atoms with van der Waals surface area (Å²) in [5.41, 5.74) is 1.19. The minimum absolute atomic E-state index is 0.0440. The van der Waals surface area contributed by atoms with Crippen molar-refractivity contribution in [1.82, 2.24) is 5.32 Å². The summed E-state index contributed by atoms with van der Waals surface area (Å²) in [6.07, 6.45) is -1.71. The van der Waals surface area contributed by atoms with E-state index in [1.165, 1.54) is 5.56 Å². The van der Waals surface area contributed by atoms with Crippen molar-refractivity contribution in [3.05, 3.63) is 35.9 Å². The molecule has 0 aliphatic heterocycles. The Balaban J connectivity index is 2.35. The highest BCUT2D eigenvalue weighted by Gasteiger charge is 2.27. The first-order chi connectivity index (χ1) is 9.51. The lowest BCUT2D eigenvalue weighted by Gasteiger charge is -2.19. The fraction of sp³-hybridized carbons (Fsp3) is 0.600. The van der Waals surface area contributed by atoms with E-state index in [0.29, 0.717) is 0 Å². The standard InChI is InChI=1S/C15H22F3NO/c1-2-10-19-14(11-20-12-15(16,17)18)9-8-13-6-4-3-5-7-13/h3-7,14,19H,2,8-12H2,1H3. The van der Waals surface area contributed by atoms with Gasteiger partial charge in [-0.3, -0.25) is 0 Å². The Morgan fingerprint density at radius 1 is 1.20 bits per heavy atom. The summed E-state index contributed by atoms with van der Waals surface area (Å²) in [6.45, 7) is 1.72. The fourth-order valence-corrected chi connectivity index (χ4v) is 1.90. The Kier molecular flexibility index (Phi) is 7.62. The molecule has 5 heteroatoms. The molecule has 0 amide bonds.